The molecule has 6 nitrogen and oxygen atoms in total. The van der Waals surface area contributed by atoms with Crippen LogP contribution in [-0.2, 0) is 4.79 Å². The number of hydrogen-bond acceptors (Lipinski definition) is 5. The number of halogens is 3. The molecule has 0 heterocycles. The first-order chi connectivity index (χ1) is 8.61. The Morgan fingerprint density at radius 1 is 1.26 bits per heavy atom. The van der Waals surface area contributed by atoms with Crippen molar-refractivity contribution in [3.63, 3.8) is 0 Å². The van der Waals surface area contributed by atoms with Crippen LogP contribution in [0.5, 0.6) is 11.5 Å². The summed E-state index contributed by atoms with van der Waals surface area (Å²) >= 11 is 0. The van der Waals surface area contributed by atoms with Gasteiger partial charge in [-0.2, -0.15) is 0 Å². The van der Waals surface area contributed by atoms with E-state index in [0.717, 1.165) is 12.1 Å². The molecule has 0 saturated heterocycles. The van der Waals surface area contributed by atoms with Crippen molar-refractivity contribution >= 4 is 5.97 Å². The van der Waals surface area contributed by atoms with Crippen molar-refractivity contribution < 1.29 is 43.1 Å². The van der Waals surface area contributed by atoms with Crippen LogP contribution < -0.4 is 4.74 Å². The summed E-state index contributed by atoms with van der Waals surface area (Å²) in [7, 11) is 0. The van der Waals surface area contributed by atoms with Crippen molar-refractivity contribution in [1.82, 2.24) is 0 Å². The van der Waals surface area contributed by atoms with Crippen LogP contribution in [0.25, 0.3) is 0 Å². The van der Waals surface area contributed by atoms with Gasteiger partial charge in [-0.1, -0.05) is 0 Å². The number of phenols is 1. The van der Waals surface area contributed by atoms with Crippen LogP contribution in [0.1, 0.15) is 11.7 Å². The van der Waals surface area contributed by atoms with Gasteiger partial charge >= 0.3 is 12.3 Å². The Kier molecular flexibility index (Phi) is 4.22. The van der Waals surface area contributed by atoms with Crippen LogP contribution in [0.4, 0.5) is 13.2 Å². The zero-order chi connectivity index (χ0) is 14.8. The summed E-state index contributed by atoms with van der Waals surface area (Å²) in [5.41, 5.74) is -0.600. The summed E-state index contributed by atoms with van der Waals surface area (Å²) < 4.78 is 39.4. The molecule has 0 bridgehead atoms. The van der Waals surface area contributed by atoms with E-state index in [4.69, 9.17) is 10.2 Å². The number of ether oxygens (including phenoxy) is 1. The molecule has 19 heavy (non-hydrogen) atoms. The maximum absolute atomic E-state index is 12.0. The molecule has 2 atom stereocenters. The molecule has 4 N–H and O–H groups in total. The van der Waals surface area contributed by atoms with Crippen LogP contribution in [0.3, 0.4) is 0 Å². The maximum Gasteiger partial charge on any atom is 0.573 e. The quantitative estimate of drug-likeness (QED) is 0.649. The minimum atomic E-state index is -4.98. The molecule has 0 aromatic heterocycles. The highest BCUT2D eigenvalue weighted by atomic mass is 19.4. The average Bonchev–Trinajstić information content (AvgIpc) is 2.27. The number of aliphatic hydroxyl groups is 2. The van der Waals surface area contributed by atoms with E-state index < -0.39 is 41.6 Å². The number of aliphatic hydroxyl groups excluding tert-OH is 2. The maximum atomic E-state index is 12.0. The highest BCUT2D eigenvalue weighted by molar-refractivity contribution is 5.73. The highest BCUT2D eigenvalue weighted by Gasteiger charge is 2.32. The van der Waals surface area contributed by atoms with Gasteiger partial charge in [0, 0.05) is 5.56 Å². The topological polar surface area (TPSA) is 107 Å². The van der Waals surface area contributed by atoms with Crippen molar-refractivity contribution in [3.05, 3.63) is 23.8 Å². The van der Waals surface area contributed by atoms with E-state index in [0.29, 0.717) is 6.07 Å². The molecule has 0 fully saturated rings. The van der Waals surface area contributed by atoms with E-state index in [9.17, 15) is 28.2 Å². The van der Waals surface area contributed by atoms with E-state index in [-0.39, 0.29) is 0 Å². The summed E-state index contributed by atoms with van der Waals surface area (Å²) in [5, 5.41) is 36.3. The van der Waals surface area contributed by atoms with Crippen LogP contribution in [0, 0.1) is 0 Å². The lowest BCUT2D eigenvalue weighted by molar-refractivity contribution is -0.274. The Hall–Kier alpha value is -2.00. The van der Waals surface area contributed by atoms with Crippen LogP contribution >= 0.6 is 0 Å². The molecule has 0 aliphatic rings. The highest BCUT2D eigenvalue weighted by Crippen LogP contribution is 2.32. The van der Waals surface area contributed by atoms with E-state index in [1.165, 1.54) is 0 Å². The molecule has 0 radical (unpaired) electrons. The number of carbonyl (C=O) groups is 1. The summed E-state index contributed by atoms with van der Waals surface area (Å²) in [5.74, 6) is -3.24. The summed E-state index contributed by atoms with van der Waals surface area (Å²) in [6.07, 6.45) is -9.38. The second-order valence-electron chi connectivity index (χ2n) is 3.50. The van der Waals surface area contributed by atoms with Crippen molar-refractivity contribution in [2.75, 3.05) is 0 Å². The van der Waals surface area contributed by atoms with Gasteiger partial charge in [0.25, 0.3) is 0 Å². The van der Waals surface area contributed by atoms with Gasteiger partial charge in [0.2, 0.25) is 0 Å². The van der Waals surface area contributed by atoms with Crippen molar-refractivity contribution in [1.29, 1.82) is 0 Å². The Balaban J connectivity index is 3.07. The molecule has 0 amide bonds. The SMILES string of the molecule is O=C(O)C(O)C(O)c1cc(OC(F)(F)F)ccc1O. The standard InChI is InChI=1S/C10H9F3O6/c11-10(12,13)19-4-1-2-6(14)5(3-4)7(15)8(16)9(17)18/h1-3,7-8,14-16H,(H,17,18). The zero-order valence-electron chi connectivity index (χ0n) is 9.13. The Labute approximate surface area is 104 Å². The number of aromatic hydroxyl groups is 1. The molecule has 0 spiro atoms. The number of carboxylic acid groups (broad SMARTS) is 1. The number of carboxylic acids is 1. The fraction of sp³-hybridized carbons (Fsp3) is 0.300. The summed E-state index contributed by atoms with van der Waals surface area (Å²) in [6, 6.07) is 2.13. The van der Waals surface area contributed by atoms with Gasteiger partial charge in [-0.25, -0.2) is 4.79 Å². The largest absolute Gasteiger partial charge is 0.573 e. The minimum absolute atomic E-state index is 0.583. The fourth-order valence-corrected chi connectivity index (χ4v) is 1.27. The molecule has 1 rings (SSSR count). The lowest BCUT2D eigenvalue weighted by Crippen LogP contribution is -2.27. The third kappa shape index (κ3) is 4.00. The first-order valence-corrected chi connectivity index (χ1v) is 4.79. The monoisotopic (exact) mass is 282 g/mol. The zero-order valence-corrected chi connectivity index (χ0v) is 9.13. The summed E-state index contributed by atoms with van der Waals surface area (Å²) in [4.78, 5) is 10.4. The lowest BCUT2D eigenvalue weighted by Gasteiger charge is -2.17. The molecular formula is C10H9F3O6. The van der Waals surface area contributed by atoms with E-state index in [2.05, 4.69) is 4.74 Å². The predicted octanol–water partition coefficient (Wildman–Crippen LogP) is 0.770. The van der Waals surface area contributed by atoms with Gasteiger partial charge in [-0.3, -0.25) is 0 Å². The smallest absolute Gasteiger partial charge is 0.508 e. The lowest BCUT2D eigenvalue weighted by atomic mass is 10.0. The number of phenolic OH excluding ortho intramolecular Hbond substituents is 1. The van der Waals surface area contributed by atoms with Crippen molar-refractivity contribution in [2.24, 2.45) is 0 Å². The van der Waals surface area contributed by atoms with Crippen LogP contribution in [-0.4, -0.2) is 38.9 Å². The first-order valence-electron chi connectivity index (χ1n) is 4.79. The minimum Gasteiger partial charge on any atom is -0.508 e. The van der Waals surface area contributed by atoms with Gasteiger partial charge in [0.15, 0.2) is 6.10 Å². The number of rotatable bonds is 4. The molecule has 1 aromatic carbocycles. The van der Waals surface area contributed by atoms with Gasteiger partial charge < -0.3 is 25.2 Å². The van der Waals surface area contributed by atoms with Gasteiger partial charge in [0.05, 0.1) is 0 Å². The molecule has 0 aliphatic heterocycles. The normalized spacial score (nSPS) is 14.8. The molecule has 9 heteroatoms. The Morgan fingerprint density at radius 3 is 2.32 bits per heavy atom. The number of aliphatic carboxylic acids is 1. The molecule has 0 saturated carbocycles. The molecular weight excluding hydrogens is 273 g/mol. The third-order valence-electron chi connectivity index (χ3n) is 2.10. The van der Waals surface area contributed by atoms with Gasteiger partial charge in [-0.15, -0.1) is 13.2 Å². The first kappa shape index (κ1) is 15.1. The molecule has 0 aliphatic carbocycles. The second-order valence-corrected chi connectivity index (χ2v) is 3.50. The van der Waals surface area contributed by atoms with Gasteiger partial charge in [-0.05, 0) is 18.2 Å². The van der Waals surface area contributed by atoms with Crippen LogP contribution in [0.15, 0.2) is 18.2 Å². The van der Waals surface area contributed by atoms with E-state index >= 15 is 0 Å². The van der Waals surface area contributed by atoms with Crippen molar-refractivity contribution in [3.8, 4) is 11.5 Å². The fourth-order valence-electron chi connectivity index (χ4n) is 1.27. The number of alkyl halides is 3. The molecule has 106 valence electrons. The number of hydrogen-bond donors (Lipinski definition) is 4. The van der Waals surface area contributed by atoms with E-state index in [1.54, 1.807) is 0 Å². The Morgan fingerprint density at radius 2 is 1.84 bits per heavy atom. The van der Waals surface area contributed by atoms with Crippen molar-refractivity contribution in [2.45, 2.75) is 18.6 Å². The van der Waals surface area contributed by atoms with E-state index in [1.807, 2.05) is 0 Å². The second kappa shape index (κ2) is 5.33. The molecule has 2 unspecified atom stereocenters. The Bertz CT molecular complexity index is 473. The van der Waals surface area contributed by atoms with Gasteiger partial charge in [0.1, 0.15) is 17.6 Å². The number of benzene rings is 1. The summed E-state index contributed by atoms with van der Waals surface area (Å²) in [6.45, 7) is 0. The average molecular weight is 282 g/mol. The predicted molar refractivity (Wildman–Crippen MR) is 53.4 cm³/mol. The molecule has 1 aromatic rings. The van der Waals surface area contributed by atoms with Crippen LogP contribution in [0.2, 0.25) is 0 Å². The third-order valence-corrected chi connectivity index (χ3v) is 2.10.